The van der Waals surface area contributed by atoms with Crippen molar-refractivity contribution in [2.45, 2.75) is 24.7 Å². The third-order valence-electron chi connectivity index (χ3n) is 4.39. The van der Waals surface area contributed by atoms with Gasteiger partial charge in [-0.3, -0.25) is 4.79 Å². The van der Waals surface area contributed by atoms with Crippen molar-refractivity contribution < 1.29 is 17.9 Å². The molecule has 1 heterocycles. The van der Waals surface area contributed by atoms with Gasteiger partial charge in [-0.15, -0.1) is 12.4 Å². The van der Waals surface area contributed by atoms with Gasteiger partial charge in [-0.05, 0) is 50.1 Å². The molecular formula is C19H24ClN3O4S. The van der Waals surface area contributed by atoms with Crippen LogP contribution in [0.25, 0.3) is 0 Å². The Bertz CT molecular complexity index is 944. The molecule has 2 aromatic rings. The number of hydrogen-bond acceptors (Lipinski definition) is 5. The topological polar surface area (TPSA) is 102 Å². The summed E-state index contributed by atoms with van der Waals surface area (Å²) in [6, 6.07) is 11.3. The largest absolute Gasteiger partial charge is 0.492 e. The van der Waals surface area contributed by atoms with E-state index in [0.717, 1.165) is 12.8 Å². The summed E-state index contributed by atoms with van der Waals surface area (Å²) in [7, 11) is -3.69. The first-order chi connectivity index (χ1) is 12.9. The standard InChI is InChI=1S/C19H23N3O4S.ClH/c1-2-26-17-10-9-14(21-19(23)15-7-3-4-8-16(15)20)13-18(17)27(24,25)22-11-5-6-12-22;/h3-4,7-10,13H,2,5-6,11-12,20H2,1H3,(H,21,23);1H. The van der Waals surface area contributed by atoms with Gasteiger partial charge in [0.1, 0.15) is 10.6 Å². The van der Waals surface area contributed by atoms with Gasteiger partial charge in [0.15, 0.2) is 0 Å². The lowest BCUT2D eigenvalue weighted by Crippen LogP contribution is -2.28. The average molecular weight is 426 g/mol. The number of nitrogen functional groups attached to an aromatic ring is 1. The highest BCUT2D eigenvalue weighted by molar-refractivity contribution is 7.89. The maximum Gasteiger partial charge on any atom is 0.257 e. The first kappa shape index (κ1) is 22.0. The zero-order valence-electron chi connectivity index (χ0n) is 15.6. The van der Waals surface area contributed by atoms with Crippen molar-refractivity contribution in [3.05, 3.63) is 48.0 Å². The summed E-state index contributed by atoms with van der Waals surface area (Å²) in [6.45, 7) is 3.12. The smallest absolute Gasteiger partial charge is 0.257 e. The minimum Gasteiger partial charge on any atom is -0.492 e. The fraction of sp³-hybridized carbons (Fsp3) is 0.316. The minimum absolute atomic E-state index is 0. The second kappa shape index (κ2) is 9.27. The van der Waals surface area contributed by atoms with Crippen molar-refractivity contribution >= 4 is 39.7 Å². The number of nitrogens with zero attached hydrogens (tertiary/aromatic N) is 1. The van der Waals surface area contributed by atoms with E-state index in [1.165, 1.54) is 10.4 Å². The molecule has 3 N–H and O–H groups in total. The summed E-state index contributed by atoms with van der Waals surface area (Å²) in [5, 5.41) is 2.71. The minimum atomic E-state index is -3.69. The average Bonchev–Trinajstić information content (AvgIpc) is 3.19. The van der Waals surface area contributed by atoms with Crippen LogP contribution in [0.4, 0.5) is 11.4 Å². The fourth-order valence-corrected chi connectivity index (χ4v) is 4.71. The number of halogens is 1. The van der Waals surface area contributed by atoms with Crippen LogP contribution in [0.1, 0.15) is 30.1 Å². The summed E-state index contributed by atoms with van der Waals surface area (Å²) >= 11 is 0. The number of nitrogens with two attached hydrogens (primary N) is 1. The van der Waals surface area contributed by atoms with E-state index in [2.05, 4.69) is 5.32 Å². The summed E-state index contributed by atoms with van der Waals surface area (Å²) < 4.78 is 33.0. The number of rotatable bonds is 6. The molecule has 0 radical (unpaired) electrons. The van der Waals surface area contributed by atoms with Crippen molar-refractivity contribution in [2.75, 3.05) is 30.7 Å². The lowest BCUT2D eigenvalue weighted by atomic mass is 10.1. The second-order valence-electron chi connectivity index (χ2n) is 6.25. The Balaban J connectivity index is 0.00000280. The fourth-order valence-electron chi connectivity index (χ4n) is 3.03. The van der Waals surface area contributed by atoms with Crippen molar-refractivity contribution in [2.24, 2.45) is 0 Å². The number of carbonyl (C=O) groups excluding carboxylic acids is 1. The van der Waals surface area contributed by atoms with Gasteiger partial charge in [-0.2, -0.15) is 4.31 Å². The van der Waals surface area contributed by atoms with E-state index in [1.807, 2.05) is 0 Å². The Hall–Kier alpha value is -2.29. The molecule has 1 fully saturated rings. The SMILES string of the molecule is CCOc1ccc(NC(=O)c2ccccc2N)cc1S(=O)(=O)N1CCCC1.Cl. The Kier molecular flexibility index (Phi) is 7.29. The van der Waals surface area contributed by atoms with E-state index in [1.54, 1.807) is 43.3 Å². The number of amides is 1. The first-order valence-electron chi connectivity index (χ1n) is 8.86. The van der Waals surface area contributed by atoms with Crippen molar-refractivity contribution in [1.82, 2.24) is 4.31 Å². The molecule has 0 aromatic heterocycles. The van der Waals surface area contributed by atoms with Gasteiger partial charge >= 0.3 is 0 Å². The molecule has 0 atom stereocenters. The predicted octanol–water partition coefficient (Wildman–Crippen LogP) is 3.13. The van der Waals surface area contributed by atoms with Crippen LogP contribution in [0.15, 0.2) is 47.4 Å². The molecule has 0 saturated carbocycles. The van der Waals surface area contributed by atoms with Crippen molar-refractivity contribution in [1.29, 1.82) is 0 Å². The molecule has 0 aliphatic carbocycles. The van der Waals surface area contributed by atoms with Crippen LogP contribution in [0, 0.1) is 0 Å². The quantitative estimate of drug-likeness (QED) is 0.692. The third kappa shape index (κ3) is 4.57. The molecule has 1 saturated heterocycles. The van der Waals surface area contributed by atoms with Crippen molar-refractivity contribution in [3.8, 4) is 5.75 Å². The Morgan fingerprint density at radius 2 is 1.86 bits per heavy atom. The highest BCUT2D eigenvalue weighted by atomic mass is 35.5. The molecule has 0 bridgehead atoms. The zero-order chi connectivity index (χ0) is 19.4. The molecular weight excluding hydrogens is 402 g/mol. The summed E-state index contributed by atoms with van der Waals surface area (Å²) in [6.07, 6.45) is 1.68. The molecule has 7 nitrogen and oxygen atoms in total. The number of ether oxygens (including phenoxy) is 1. The number of benzene rings is 2. The van der Waals surface area contributed by atoms with Crippen LogP contribution in [0.5, 0.6) is 5.75 Å². The third-order valence-corrected chi connectivity index (χ3v) is 6.31. The number of sulfonamides is 1. The first-order valence-corrected chi connectivity index (χ1v) is 10.3. The maximum atomic E-state index is 13.0. The van der Waals surface area contributed by atoms with Crippen LogP contribution < -0.4 is 15.8 Å². The van der Waals surface area contributed by atoms with Crippen LogP contribution in [-0.2, 0) is 10.0 Å². The van der Waals surface area contributed by atoms with Crippen molar-refractivity contribution in [3.63, 3.8) is 0 Å². The Labute approximate surface area is 171 Å². The number of hydrogen-bond donors (Lipinski definition) is 2. The second-order valence-corrected chi connectivity index (χ2v) is 8.15. The summed E-state index contributed by atoms with van der Waals surface area (Å²) in [5.74, 6) is -0.122. The van der Waals surface area contributed by atoms with E-state index in [-0.39, 0.29) is 23.1 Å². The molecule has 1 amide bonds. The zero-order valence-corrected chi connectivity index (χ0v) is 17.2. The molecule has 28 heavy (non-hydrogen) atoms. The van der Waals surface area contributed by atoms with Crippen LogP contribution in [-0.4, -0.2) is 38.3 Å². The van der Waals surface area contributed by atoms with Crippen LogP contribution in [0.3, 0.4) is 0 Å². The van der Waals surface area contributed by atoms with Crippen LogP contribution in [0.2, 0.25) is 0 Å². The normalized spacial score (nSPS) is 14.3. The molecule has 1 aliphatic heterocycles. The summed E-state index contributed by atoms with van der Waals surface area (Å²) in [5.41, 5.74) is 6.88. The van der Waals surface area contributed by atoms with Gasteiger partial charge in [-0.25, -0.2) is 8.42 Å². The van der Waals surface area contributed by atoms with E-state index in [0.29, 0.717) is 36.6 Å². The van der Waals surface area contributed by atoms with E-state index >= 15 is 0 Å². The van der Waals surface area contributed by atoms with E-state index in [9.17, 15) is 13.2 Å². The van der Waals surface area contributed by atoms with Gasteiger partial charge in [0.2, 0.25) is 10.0 Å². The number of nitrogens with one attached hydrogen (secondary N) is 1. The molecule has 0 spiro atoms. The molecule has 0 unspecified atom stereocenters. The number of anilines is 2. The molecule has 1 aliphatic rings. The van der Waals surface area contributed by atoms with E-state index in [4.69, 9.17) is 10.5 Å². The van der Waals surface area contributed by atoms with Gasteiger partial charge in [0.25, 0.3) is 5.91 Å². The monoisotopic (exact) mass is 425 g/mol. The molecule has 3 rings (SSSR count). The molecule has 152 valence electrons. The maximum absolute atomic E-state index is 13.0. The molecule has 9 heteroatoms. The van der Waals surface area contributed by atoms with Crippen LogP contribution >= 0.6 is 12.4 Å². The van der Waals surface area contributed by atoms with Gasteiger partial charge < -0.3 is 15.8 Å². The predicted molar refractivity (Wildman–Crippen MR) is 112 cm³/mol. The molecule has 2 aromatic carbocycles. The van der Waals surface area contributed by atoms with Gasteiger partial charge in [-0.1, -0.05) is 12.1 Å². The highest BCUT2D eigenvalue weighted by Gasteiger charge is 2.30. The number of carbonyl (C=O) groups is 1. The lowest BCUT2D eigenvalue weighted by molar-refractivity contribution is 0.102. The Morgan fingerprint density at radius 1 is 1.18 bits per heavy atom. The highest BCUT2D eigenvalue weighted by Crippen LogP contribution is 2.32. The van der Waals surface area contributed by atoms with Gasteiger partial charge in [0, 0.05) is 24.5 Å². The van der Waals surface area contributed by atoms with Gasteiger partial charge in [0.05, 0.1) is 12.2 Å². The lowest BCUT2D eigenvalue weighted by Gasteiger charge is -2.19. The van der Waals surface area contributed by atoms with E-state index < -0.39 is 15.9 Å². The Morgan fingerprint density at radius 3 is 2.50 bits per heavy atom. The number of para-hydroxylation sites is 1. The summed E-state index contributed by atoms with van der Waals surface area (Å²) in [4.78, 5) is 12.5.